The van der Waals surface area contributed by atoms with Crippen molar-refractivity contribution in [2.45, 2.75) is 38.9 Å². The van der Waals surface area contributed by atoms with Crippen LogP contribution in [0.4, 0.5) is 24.5 Å². The number of nitrogens with one attached hydrogen (secondary N) is 2. The summed E-state index contributed by atoms with van der Waals surface area (Å²) in [5.74, 6) is -0.938. The van der Waals surface area contributed by atoms with Crippen molar-refractivity contribution in [3.63, 3.8) is 0 Å². The lowest BCUT2D eigenvalue weighted by molar-refractivity contribution is -0.137. The zero-order valence-electron chi connectivity index (χ0n) is 16.8. The van der Waals surface area contributed by atoms with Crippen molar-refractivity contribution in [2.75, 3.05) is 23.3 Å². The summed E-state index contributed by atoms with van der Waals surface area (Å²) >= 11 is 0. The van der Waals surface area contributed by atoms with Crippen molar-refractivity contribution in [1.82, 2.24) is 5.32 Å². The molecular weight excluding hydrogens is 395 g/mol. The predicted molar refractivity (Wildman–Crippen MR) is 110 cm³/mol. The third-order valence-electron chi connectivity index (χ3n) is 4.82. The number of hydrogen-bond acceptors (Lipinski definition) is 3. The SMILES string of the molecule is CC(C)NC(=O)c1cc(NC(=O)c2cccc(C(F)(F)F)c2)ccc1N1CCCC1. The van der Waals surface area contributed by atoms with Crippen LogP contribution in [0.2, 0.25) is 0 Å². The minimum absolute atomic E-state index is 0.0627. The van der Waals surface area contributed by atoms with E-state index in [2.05, 4.69) is 15.5 Å². The van der Waals surface area contributed by atoms with Crippen LogP contribution in [0, 0.1) is 0 Å². The lowest BCUT2D eigenvalue weighted by Crippen LogP contribution is -2.32. The van der Waals surface area contributed by atoms with Crippen molar-refractivity contribution in [3.05, 3.63) is 59.2 Å². The lowest BCUT2D eigenvalue weighted by Gasteiger charge is -2.22. The van der Waals surface area contributed by atoms with Gasteiger partial charge in [-0.25, -0.2) is 0 Å². The first kappa shape index (κ1) is 21.7. The van der Waals surface area contributed by atoms with Crippen LogP contribution in [-0.4, -0.2) is 30.9 Å². The van der Waals surface area contributed by atoms with E-state index in [-0.39, 0.29) is 17.5 Å². The highest BCUT2D eigenvalue weighted by molar-refractivity contribution is 6.06. The third-order valence-corrected chi connectivity index (χ3v) is 4.82. The highest BCUT2D eigenvalue weighted by Gasteiger charge is 2.31. The first-order valence-electron chi connectivity index (χ1n) is 9.83. The van der Waals surface area contributed by atoms with Crippen LogP contribution in [-0.2, 0) is 6.18 Å². The molecule has 0 aliphatic carbocycles. The zero-order valence-corrected chi connectivity index (χ0v) is 16.8. The van der Waals surface area contributed by atoms with Gasteiger partial charge in [0.2, 0.25) is 0 Å². The molecule has 1 aliphatic rings. The van der Waals surface area contributed by atoms with Gasteiger partial charge in [0.1, 0.15) is 0 Å². The van der Waals surface area contributed by atoms with Crippen LogP contribution in [0.5, 0.6) is 0 Å². The Morgan fingerprint density at radius 1 is 1.00 bits per heavy atom. The fourth-order valence-corrected chi connectivity index (χ4v) is 3.41. The molecular formula is C22H24F3N3O2. The quantitative estimate of drug-likeness (QED) is 0.739. The fraction of sp³-hybridized carbons (Fsp3) is 0.364. The minimum atomic E-state index is -4.53. The smallest absolute Gasteiger partial charge is 0.371 e. The van der Waals surface area contributed by atoms with Gasteiger partial charge in [-0.3, -0.25) is 9.59 Å². The number of amides is 2. The average molecular weight is 419 g/mol. The number of alkyl halides is 3. The van der Waals surface area contributed by atoms with E-state index in [1.165, 1.54) is 12.1 Å². The zero-order chi connectivity index (χ0) is 21.9. The molecule has 2 N–H and O–H groups in total. The molecule has 0 saturated carbocycles. The fourth-order valence-electron chi connectivity index (χ4n) is 3.41. The molecule has 0 bridgehead atoms. The summed E-state index contributed by atoms with van der Waals surface area (Å²) in [6, 6.07) is 9.15. The van der Waals surface area contributed by atoms with Crippen molar-refractivity contribution in [3.8, 4) is 0 Å². The van der Waals surface area contributed by atoms with E-state index in [4.69, 9.17) is 0 Å². The summed E-state index contributed by atoms with van der Waals surface area (Å²) < 4.78 is 38.7. The second-order valence-corrected chi connectivity index (χ2v) is 7.59. The van der Waals surface area contributed by atoms with Crippen LogP contribution in [0.3, 0.4) is 0 Å². The molecule has 3 rings (SSSR count). The Balaban J connectivity index is 1.87. The molecule has 0 atom stereocenters. The number of nitrogens with zero attached hydrogens (tertiary/aromatic N) is 1. The monoisotopic (exact) mass is 419 g/mol. The van der Waals surface area contributed by atoms with Crippen molar-refractivity contribution in [2.24, 2.45) is 0 Å². The summed E-state index contributed by atoms with van der Waals surface area (Å²) in [4.78, 5) is 27.3. The van der Waals surface area contributed by atoms with E-state index in [1.807, 2.05) is 13.8 Å². The summed E-state index contributed by atoms with van der Waals surface area (Å²) in [5.41, 5.74) is 0.544. The molecule has 0 radical (unpaired) electrons. The largest absolute Gasteiger partial charge is 0.416 e. The van der Waals surface area contributed by atoms with Gasteiger partial charge in [-0.15, -0.1) is 0 Å². The lowest BCUT2D eigenvalue weighted by atomic mass is 10.1. The number of carbonyl (C=O) groups is 2. The Kier molecular flexibility index (Phi) is 6.34. The highest BCUT2D eigenvalue weighted by Crippen LogP contribution is 2.30. The Bertz CT molecular complexity index is 935. The molecule has 1 saturated heterocycles. The van der Waals surface area contributed by atoms with Gasteiger partial charge in [0.05, 0.1) is 11.1 Å². The maximum absolute atomic E-state index is 12.9. The Labute approximate surface area is 173 Å². The predicted octanol–water partition coefficient (Wildman–Crippen LogP) is 4.70. The second-order valence-electron chi connectivity index (χ2n) is 7.59. The first-order valence-corrected chi connectivity index (χ1v) is 9.83. The summed E-state index contributed by atoms with van der Waals surface area (Å²) in [6.45, 7) is 5.40. The summed E-state index contributed by atoms with van der Waals surface area (Å²) in [6.07, 6.45) is -2.45. The normalized spacial score (nSPS) is 14.1. The van der Waals surface area contributed by atoms with Gasteiger partial charge in [-0.2, -0.15) is 13.2 Å². The molecule has 2 aromatic rings. The van der Waals surface area contributed by atoms with E-state index in [0.717, 1.165) is 43.8 Å². The van der Waals surface area contributed by atoms with E-state index in [0.29, 0.717) is 11.3 Å². The molecule has 1 fully saturated rings. The molecule has 2 amide bonds. The molecule has 2 aromatic carbocycles. The Hall–Kier alpha value is -3.03. The molecule has 0 aromatic heterocycles. The number of hydrogen-bond donors (Lipinski definition) is 2. The van der Waals surface area contributed by atoms with Gasteiger partial charge < -0.3 is 15.5 Å². The Morgan fingerprint density at radius 2 is 1.70 bits per heavy atom. The minimum Gasteiger partial charge on any atom is -0.371 e. The van der Waals surface area contributed by atoms with Crippen molar-refractivity contribution in [1.29, 1.82) is 0 Å². The topological polar surface area (TPSA) is 61.4 Å². The van der Waals surface area contributed by atoms with Gasteiger partial charge >= 0.3 is 6.18 Å². The van der Waals surface area contributed by atoms with Crippen LogP contribution in [0.15, 0.2) is 42.5 Å². The standard InChI is InChI=1S/C22H24F3N3O2/c1-14(2)26-21(30)18-13-17(8-9-19(18)28-10-3-4-11-28)27-20(29)15-6-5-7-16(12-15)22(23,24)25/h5-9,12-14H,3-4,10-11H2,1-2H3,(H,26,30)(H,27,29). The number of rotatable bonds is 5. The second kappa shape index (κ2) is 8.77. The average Bonchev–Trinajstić information content (AvgIpc) is 3.21. The van der Waals surface area contributed by atoms with Crippen LogP contribution >= 0.6 is 0 Å². The van der Waals surface area contributed by atoms with Gasteiger partial charge in [-0.1, -0.05) is 6.07 Å². The summed E-state index contributed by atoms with van der Waals surface area (Å²) in [5, 5.41) is 5.45. The molecule has 160 valence electrons. The summed E-state index contributed by atoms with van der Waals surface area (Å²) in [7, 11) is 0. The maximum Gasteiger partial charge on any atom is 0.416 e. The molecule has 0 unspecified atom stereocenters. The molecule has 1 heterocycles. The molecule has 0 spiro atoms. The van der Waals surface area contributed by atoms with Crippen LogP contribution in [0.1, 0.15) is 53.0 Å². The van der Waals surface area contributed by atoms with E-state index in [9.17, 15) is 22.8 Å². The molecule has 1 aliphatic heterocycles. The maximum atomic E-state index is 12.9. The molecule has 8 heteroatoms. The molecule has 5 nitrogen and oxygen atoms in total. The van der Waals surface area contributed by atoms with Crippen molar-refractivity contribution >= 4 is 23.2 Å². The van der Waals surface area contributed by atoms with Crippen LogP contribution in [0.25, 0.3) is 0 Å². The van der Waals surface area contributed by atoms with E-state index in [1.54, 1.807) is 18.2 Å². The first-order chi connectivity index (χ1) is 14.1. The number of carbonyl (C=O) groups excluding carboxylic acids is 2. The van der Waals surface area contributed by atoms with Crippen LogP contribution < -0.4 is 15.5 Å². The molecule has 30 heavy (non-hydrogen) atoms. The van der Waals surface area contributed by atoms with E-state index < -0.39 is 17.6 Å². The van der Waals surface area contributed by atoms with E-state index >= 15 is 0 Å². The Morgan fingerprint density at radius 3 is 2.33 bits per heavy atom. The van der Waals surface area contributed by atoms with Gasteiger partial charge in [-0.05, 0) is 63.1 Å². The van der Waals surface area contributed by atoms with Gasteiger partial charge in [0.15, 0.2) is 0 Å². The number of halogens is 3. The number of benzene rings is 2. The van der Waals surface area contributed by atoms with Crippen molar-refractivity contribution < 1.29 is 22.8 Å². The van der Waals surface area contributed by atoms with Gasteiger partial charge in [0, 0.05) is 36.1 Å². The number of anilines is 2. The van der Waals surface area contributed by atoms with Gasteiger partial charge in [0.25, 0.3) is 11.8 Å². The highest BCUT2D eigenvalue weighted by atomic mass is 19.4. The third kappa shape index (κ3) is 5.11.